The van der Waals surface area contributed by atoms with Crippen molar-refractivity contribution in [2.45, 2.75) is 13.1 Å². The van der Waals surface area contributed by atoms with Crippen molar-refractivity contribution >= 4 is 17.3 Å². The second-order valence-corrected chi connectivity index (χ2v) is 6.20. The molecule has 0 unspecified atom stereocenters. The zero-order valence-corrected chi connectivity index (χ0v) is 13.5. The molecule has 1 saturated heterocycles. The SMILES string of the molecule is NCc1cccc(CN2CCN(c3cccc(Cl)c3)CC2)c1. The molecule has 0 bridgehead atoms. The number of benzene rings is 2. The average molecular weight is 316 g/mol. The average Bonchev–Trinajstić information content (AvgIpc) is 2.56. The van der Waals surface area contributed by atoms with Crippen molar-refractivity contribution < 1.29 is 0 Å². The van der Waals surface area contributed by atoms with Gasteiger partial charge in [-0.1, -0.05) is 41.9 Å². The number of rotatable bonds is 4. The molecule has 116 valence electrons. The van der Waals surface area contributed by atoms with Crippen LogP contribution in [0.1, 0.15) is 11.1 Å². The predicted octanol–water partition coefficient (Wildman–Crippen LogP) is 3.12. The molecule has 0 amide bonds. The van der Waals surface area contributed by atoms with Crippen LogP contribution < -0.4 is 10.6 Å². The van der Waals surface area contributed by atoms with Gasteiger partial charge in [0.25, 0.3) is 0 Å². The lowest BCUT2D eigenvalue weighted by Crippen LogP contribution is -2.45. The molecule has 0 aromatic heterocycles. The van der Waals surface area contributed by atoms with Crippen molar-refractivity contribution in [3.8, 4) is 0 Å². The molecule has 2 N–H and O–H groups in total. The Morgan fingerprint density at radius 1 is 0.909 bits per heavy atom. The largest absolute Gasteiger partial charge is 0.369 e. The molecule has 1 aliphatic rings. The Kier molecular flexibility index (Phi) is 4.98. The zero-order valence-electron chi connectivity index (χ0n) is 12.7. The summed E-state index contributed by atoms with van der Waals surface area (Å²) in [5, 5.41) is 0.804. The summed E-state index contributed by atoms with van der Waals surface area (Å²) < 4.78 is 0. The van der Waals surface area contributed by atoms with Crippen LogP contribution in [0, 0.1) is 0 Å². The molecule has 4 heteroatoms. The van der Waals surface area contributed by atoms with Gasteiger partial charge in [-0.15, -0.1) is 0 Å². The third-order valence-electron chi connectivity index (χ3n) is 4.18. The van der Waals surface area contributed by atoms with Crippen LogP contribution in [0.15, 0.2) is 48.5 Å². The number of halogens is 1. The first-order valence-corrected chi connectivity index (χ1v) is 8.13. The molecule has 0 aliphatic carbocycles. The van der Waals surface area contributed by atoms with E-state index >= 15 is 0 Å². The minimum atomic E-state index is 0.608. The third kappa shape index (κ3) is 3.80. The van der Waals surface area contributed by atoms with E-state index in [2.05, 4.69) is 40.1 Å². The number of piperazine rings is 1. The van der Waals surface area contributed by atoms with Crippen molar-refractivity contribution in [3.05, 3.63) is 64.7 Å². The molecular formula is C18H22ClN3. The minimum absolute atomic E-state index is 0.608. The number of hydrogen-bond donors (Lipinski definition) is 1. The highest BCUT2D eigenvalue weighted by molar-refractivity contribution is 6.30. The fourth-order valence-corrected chi connectivity index (χ4v) is 3.13. The van der Waals surface area contributed by atoms with Gasteiger partial charge in [-0.2, -0.15) is 0 Å². The summed E-state index contributed by atoms with van der Waals surface area (Å²) in [6.45, 7) is 5.82. The number of nitrogens with zero attached hydrogens (tertiary/aromatic N) is 2. The maximum Gasteiger partial charge on any atom is 0.0426 e. The van der Waals surface area contributed by atoms with Gasteiger partial charge in [0, 0.05) is 50.0 Å². The van der Waals surface area contributed by atoms with E-state index in [1.54, 1.807) is 0 Å². The third-order valence-corrected chi connectivity index (χ3v) is 4.41. The predicted molar refractivity (Wildman–Crippen MR) is 93.3 cm³/mol. The zero-order chi connectivity index (χ0) is 15.4. The number of hydrogen-bond acceptors (Lipinski definition) is 3. The van der Waals surface area contributed by atoms with Crippen molar-refractivity contribution in [3.63, 3.8) is 0 Å². The Balaban J connectivity index is 1.57. The summed E-state index contributed by atoms with van der Waals surface area (Å²) in [7, 11) is 0. The normalized spacial score (nSPS) is 16.0. The lowest BCUT2D eigenvalue weighted by molar-refractivity contribution is 0.250. The molecule has 0 spiro atoms. The van der Waals surface area contributed by atoms with Crippen LogP contribution in [-0.4, -0.2) is 31.1 Å². The van der Waals surface area contributed by atoms with Gasteiger partial charge in [-0.25, -0.2) is 0 Å². The number of anilines is 1. The van der Waals surface area contributed by atoms with Crippen molar-refractivity contribution in [1.29, 1.82) is 0 Å². The molecule has 0 saturated carbocycles. The summed E-state index contributed by atoms with van der Waals surface area (Å²) in [6, 6.07) is 16.7. The van der Waals surface area contributed by atoms with Crippen LogP contribution in [0.3, 0.4) is 0 Å². The highest BCUT2D eigenvalue weighted by Crippen LogP contribution is 2.21. The van der Waals surface area contributed by atoms with Crippen LogP contribution >= 0.6 is 11.6 Å². The molecular weight excluding hydrogens is 294 g/mol. The molecule has 3 rings (SSSR count). The quantitative estimate of drug-likeness (QED) is 0.941. The fraction of sp³-hybridized carbons (Fsp3) is 0.333. The molecule has 3 nitrogen and oxygen atoms in total. The van der Waals surface area contributed by atoms with Crippen molar-refractivity contribution in [2.24, 2.45) is 5.73 Å². The summed E-state index contributed by atoms with van der Waals surface area (Å²) in [4.78, 5) is 4.90. The van der Waals surface area contributed by atoms with Crippen molar-refractivity contribution in [2.75, 3.05) is 31.1 Å². The van der Waals surface area contributed by atoms with Crippen molar-refractivity contribution in [1.82, 2.24) is 4.90 Å². The monoisotopic (exact) mass is 315 g/mol. The van der Waals surface area contributed by atoms with Gasteiger partial charge in [0.1, 0.15) is 0 Å². The molecule has 0 atom stereocenters. The topological polar surface area (TPSA) is 32.5 Å². The van der Waals surface area contributed by atoms with E-state index < -0.39 is 0 Å². The summed E-state index contributed by atoms with van der Waals surface area (Å²) in [5.41, 5.74) is 9.49. The van der Waals surface area contributed by atoms with Gasteiger partial charge in [0.05, 0.1) is 0 Å². The van der Waals surface area contributed by atoms with E-state index in [1.165, 1.54) is 16.8 Å². The molecule has 2 aromatic carbocycles. The maximum atomic E-state index is 6.08. The van der Waals surface area contributed by atoms with Crippen LogP contribution in [0.4, 0.5) is 5.69 Å². The Labute approximate surface area is 137 Å². The van der Waals surface area contributed by atoms with Crippen LogP contribution in [0.25, 0.3) is 0 Å². The van der Waals surface area contributed by atoms with E-state index in [-0.39, 0.29) is 0 Å². The standard InChI is InChI=1S/C18H22ClN3/c19-17-5-2-6-18(12-17)22-9-7-21(8-10-22)14-16-4-1-3-15(11-16)13-20/h1-6,11-12H,7-10,13-14,20H2. The summed E-state index contributed by atoms with van der Waals surface area (Å²) in [5.74, 6) is 0. The second kappa shape index (κ2) is 7.14. The van der Waals surface area contributed by atoms with Crippen LogP contribution in [0.2, 0.25) is 5.02 Å². The molecule has 1 fully saturated rings. The molecule has 2 aromatic rings. The van der Waals surface area contributed by atoms with Gasteiger partial charge in [0.2, 0.25) is 0 Å². The molecule has 1 aliphatic heterocycles. The summed E-state index contributed by atoms with van der Waals surface area (Å²) >= 11 is 6.08. The Morgan fingerprint density at radius 2 is 1.64 bits per heavy atom. The van der Waals surface area contributed by atoms with Gasteiger partial charge >= 0.3 is 0 Å². The van der Waals surface area contributed by atoms with Crippen LogP contribution in [0.5, 0.6) is 0 Å². The van der Waals surface area contributed by atoms with Gasteiger partial charge < -0.3 is 10.6 Å². The van der Waals surface area contributed by atoms with Gasteiger partial charge in [0.15, 0.2) is 0 Å². The first kappa shape index (κ1) is 15.3. The Bertz CT molecular complexity index is 621. The van der Waals surface area contributed by atoms with Crippen LogP contribution in [-0.2, 0) is 13.1 Å². The van der Waals surface area contributed by atoms with E-state index in [4.69, 9.17) is 17.3 Å². The first-order valence-electron chi connectivity index (χ1n) is 7.75. The lowest BCUT2D eigenvalue weighted by atomic mass is 10.1. The summed E-state index contributed by atoms with van der Waals surface area (Å²) in [6.07, 6.45) is 0. The molecule has 22 heavy (non-hydrogen) atoms. The molecule has 1 heterocycles. The van der Waals surface area contributed by atoms with E-state index in [0.717, 1.165) is 37.7 Å². The number of nitrogens with two attached hydrogens (primary N) is 1. The smallest absolute Gasteiger partial charge is 0.0426 e. The van der Waals surface area contributed by atoms with E-state index in [0.29, 0.717) is 6.54 Å². The lowest BCUT2D eigenvalue weighted by Gasteiger charge is -2.36. The van der Waals surface area contributed by atoms with E-state index in [1.807, 2.05) is 18.2 Å². The van der Waals surface area contributed by atoms with Gasteiger partial charge in [-0.05, 0) is 29.3 Å². The Hall–Kier alpha value is -1.55. The maximum absolute atomic E-state index is 6.08. The minimum Gasteiger partial charge on any atom is -0.369 e. The Morgan fingerprint density at radius 3 is 2.36 bits per heavy atom. The van der Waals surface area contributed by atoms with Gasteiger partial charge in [-0.3, -0.25) is 4.90 Å². The highest BCUT2D eigenvalue weighted by Gasteiger charge is 2.17. The second-order valence-electron chi connectivity index (χ2n) is 5.77. The molecule has 0 radical (unpaired) electrons. The fourth-order valence-electron chi connectivity index (χ4n) is 2.95. The first-order chi connectivity index (χ1) is 10.7. The van der Waals surface area contributed by atoms with E-state index in [9.17, 15) is 0 Å². The highest BCUT2D eigenvalue weighted by atomic mass is 35.5.